The normalized spacial score (nSPS) is 12.5. The molecule has 0 amide bonds. The minimum absolute atomic E-state index is 0.204. The van der Waals surface area contributed by atoms with Crippen molar-refractivity contribution >= 4 is 33.5 Å². The fraction of sp³-hybridized carbons (Fsp3) is 0.300. The van der Waals surface area contributed by atoms with Crippen LogP contribution in [0.15, 0.2) is 91.0 Å². The van der Waals surface area contributed by atoms with Gasteiger partial charge in [0.25, 0.3) is 0 Å². The molecule has 5 aromatic rings. The third-order valence-electron chi connectivity index (χ3n) is 8.26. The summed E-state index contributed by atoms with van der Waals surface area (Å²) >= 11 is 0. The van der Waals surface area contributed by atoms with Gasteiger partial charge in [-0.15, -0.1) is 0 Å². The molecule has 0 bridgehead atoms. The van der Waals surface area contributed by atoms with Crippen LogP contribution in [0, 0.1) is 13.8 Å². The van der Waals surface area contributed by atoms with Gasteiger partial charge >= 0.3 is 11.9 Å². The maximum Gasteiger partial charge on any atom is 0.338 e. The zero-order chi connectivity index (χ0) is 32.6. The van der Waals surface area contributed by atoms with Gasteiger partial charge in [0.05, 0.1) is 11.1 Å². The van der Waals surface area contributed by atoms with Crippen molar-refractivity contribution in [1.82, 2.24) is 0 Å². The van der Waals surface area contributed by atoms with E-state index in [2.05, 4.69) is 25.1 Å². The lowest BCUT2D eigenvalue weighted by Gasteiger charge is -2.22. The van der Waals surface area contributed by atoms with Crippen molar-refractivity contribution in [2.24, 2.45) is 0 Å². The number of hydrogen-bond donors (Lipinski definition) is 0. The molecule has 0 aliphatic heterocycles. The first kappa shape index (κ1) is 32.6. The molecule has 0 saturated carbocycles. The van der Waals surface area contributed by atoms with Crippen LogP contribution in [-0.4, -0.2) is 37.4 Å². The number of rotatable bonds is 13. The van der Waals surface area contributed by atoms with Crippen LogP contribution in [-0.2, 0) is 15.9 Å². The van der Waals surface area contributed by atoms with E-state index in [0.29, 0.717) is 29.7 Å². The summed E-state index contributed by atoms with van der Waals surface area (Å²) in [5.41, 5.74) is 4.36. The number of ether oxygens (including phenoxy) is 4. The Labute approximate surface area is 271 Å². The van der Waals surface area contributed by atoms with Gasteiger partial charge in [-0.25, -0.2) is 9.59 Å². The monoisotopic (exact) mass is 618 g/mol. The van der Waals surface area contributed by atoms with E-state index >= 15 is 0 Å². The second kappa shape index (κ2) is 15.0. The van der Waals surface area contributed by atoms with Gasteiger partial charge in [-0.2, -0.15) is 0 Å². The third-order valence-corrected chi connectivity index (χ3v) is 8.26. The lowest BCUT2D eigenvalue weighted by molar-refractivity contribution is 0.0159. The Balaban J connectivity index is 1.42. The molecule has 0 fully saturated rings. The summed E-state index contributed by atoms with van der Waals surface area (Å²) in [6.07, 6.45) is 1.21. The van der Waals surface area contributed by atoms with Crippen LogP contribution >= 0.6 is 0 Å². The Bertz CT molecular complexity index is 1810. The quantitative estimate of drug-likeness (QED) is 0.0968. The summed E-state index contributed by atoms with van der Waals surface area (Å²) in [7, 11) is 0. The number of aryl methyl sites for hydroxylation is 3. The highest BCUT2D eigenvalue weighted by Crippen LogP contribution is 2.43. The molecule has 0 heterocycles. The molecule has 0 radical (unpaired) electrons. The first-order valence-electron chi connectivity index (χ1n) is 16.1. The summed E-state index contributed by atoms with van der Waals surface area (Å²) in [5.74, 6) is 0.699. The minimum atomic E-state index is -0.429. The van der Waals surface area contributed by atoms with Crippen molar-refractivity contribution in [3.05, 3.63) is 119 Å². The van der Waals surface area contributed by atoms with Gasteiger partial charge in [-0.1, -0.05) is 92.6 Å². The number of esters is 2. The molecular formula is C40H42O6. The van der Waals surface area contributed by atoms with E-state index in [-0.39, 0.29) is 25.2 Å². The number of carbonyl (C=O) groups is 2. The first-order valence-corrected chi connectivity index (χ1v) is 16.1. The second-order valence-electron chi connectivity index (χ2n) is 11.7. The molecule has 0 aromatic heterocycles. The van der Waals surface area contributed by atoms with Crippen LogP contribution in [0.1, 0.15) is 71.0 Å². The molecular weight excluding hydrogens is 576 g/mol. The van der Waals surface area contributed by atoms with Crippen molar-refractivity contribution in [2.45, 2.75) is 66.1 Å². The fourth-order valence-electron chi connectivity index (χ4n) is 5.32. The third kappa shape index (κ3) is 7.51. The smallest absolute Gasteiger partial charge is 0.338 e. The molecule has 2 unspecified atom stereocenters. The van der Waals surface area contributed by atoms with E-state index in [1.165, 1.54) is 0 Å². The summed E-state index contributed by atoms with van der Waals surface area (Å²) in [4.78, 5) is 25.7. The largest absolute Gasteiger partial charge is 0.488 e. The fourth-order valence-corrected chi connectivity index (χ4v) is 5.32. The van der Waals surface area contributed by atoms with Gasteiger partial charge in [-0.3, -0.25) is 0 Å². The van der Waals surface area contributed by atoms with Crippen LogP contribution in [0.4, 0.5) is 0 Å². The highest BCUT2D eigenvalue weighted by molar-refractivity contribution is 6.11. The molecule has 5 rings (SSSR count). The predicted molar refractivity (Wildman–Crippen MR) is 183 cm³/mol. The molecule has 5 aromatic carbocycles. The predicted octanol–water partition coefficient (Wildman–Crippen LogP) is 9.20. The van der Waals surface area contributed by atoms with Crippen LogP contribution < -0.4 is 9.47 Å². The summed E-state index contributed by atoms with van der Waals surface area (Å²) in [5, 5.41) is 3.59. The summed E-state index contributed by atoms with van der Waals surface area (Å²) in [6.45, 7) is 10.5. The van der Waals surface area contributed by atoms with Gasteiger partial charge in [0, 0.05) is 21.5 Å². The molecule has 238 valence electrons. The van der Waals surface area contributed by atoms with Gasteiger partial charge in [0.2, 0.25) is 0 Å². The van der Waals surface area contributed by atoms with Crippen molar-refractivity contribution in [3.8, 4) is 11.5 Å². The van der Waals surface area contributed by atoms with E-state index in [1.807, 2.05) is 76.2 Å². The van der Waals surface area contributed by atoms with Crippen molar-refractivity contribution in [3.63, 3.8) is 0 Å². The standard InChI is InChI=1S/C40H42O6/c1-6-28-17-22-35-36(23-28)38(44-25-32(8-3)46-40(42)30-20-15-27(5)16-21-30)34-12-10-9-11-33(34)37(35)43-24-31(7-2)45-39(41)29-18-13-26(4)14-19-29/h9-23,31-32H,6-8,24-25H2,1-5H3. The second-order valence-corrected chi connectivity index (χ2v) is 11.7. The molecule has 6 heteroatoms. The average Bonchev–Trinajstić information content (AvgIpc) is 3.08. The number of fused-ring (bicyclic) bond motifs is 2. The van der Waals surface area contributed by atoms with Crippen molar-refractivity contribution < 1.29 is 28.5 Å². The Morgan fingerprint density at radius 2 is 1.00 bits per heavy atom. The van der Waals surface area contributed by atoms with Gasteiger partial charge in [-0.05, 0) is 69.0 Å². The lowest BCUT2D eigenvalue weighted by atomic mass is 9.98. The zero-order valence-electron chi connectivity index (χ0n) is 27.3. The molecule has 2 atom stereocenters. The van der Waals surface area contributed by atoms with Crippen LogP contribution in [0.5, 0.6) is 11.5 Å². The highest BCUT2D eigenvalue weighted by Gasteiger charge is 2.22. The minimum Gasteiger partial charge on any atom is -0.488 e. The molecule has 0 aliphatic rings. The van der Waals surface area contributed by atoms with Crippen LogP contribution in [0.25, 0.3) is 21.5 Å². The molecule has 6 nitrogen and oxygen atoms in total. The Morgan fingerprint density at radius 3 is 1.43 bits per heavy atom. The Kier molecular flexibility index (Phi) is 10.6. The van der Waals surface area contributed by atoms with Gasteiger partial charge < -0.3 is 18.9 Å². The molecule has 46 heavy (non-hydrogen) atoms. The first-order chi connectivity index (χ1) is 22.3. The topological polar surface area (TPSA) is 71.1 Å². The number of benzene rings is 5. The Morgan fingerprint density at radius 1 is 0.565 bits per heavy atom. The Hall–Kier alpha value is -4.84. The van der Waals surface area contributed by atoms with Gasteiger partial charge in [0.1, 0.15) is 36.9 Å². The maximum atomic E-state index is 12.9. The SMILES string of the molecule is CCc1ccc2c(OCC(CC)OC(=O)c3ccc(C)cc3)c3ccccc3c(OCC(CC)OC(=O)c3ccc(C)cc3)c2c1. The molecule has 0 spiro atoms. The van der Waals surface area contributed by atoms with E-state index < -0.39 is 12.2 Å². The van der Waals surface area contributed by atoms with Crippen molar-refractivity contribution in [1.29, 1.82) is 0 Å². The van der Waals surface area contributed by atoms with Crippen molar-refractivity contribution in [2.75, 3.05) is 13.2 Å². The van der Waals surface area contributed by atoms with Gasteiger partial charge in [0.15, 0.2) is 0 Å². The molecule has 0 N–H and O–H groups in total. The average molecular weight is 619 g/mol. The van der Waals surface area contributed by atoms with E-state index in [1.54, 1.807) is 24.3 Å². The number of hydrogen-bond acceptors (Lipinski definition) is 6. The maximum absolute atomic E-state index is 12.9. The van der Waals surface area contributed by atoms with Crippen LogP contribution in [0.2, 0.25) is 0 Å². The molecule has 0 aliphatic carbocycles. The highest BCUT2D eigenvalue weighted by atomic mass is 16.6. The lowest BCUT2D eigenvalue weighted by Crippen LogP contribution is -2.25. The number of carbonyl (C=O) groups excluding carboxylic acids is 2. The van der Waals surface area contributed by atoms with E-state index in [4.69, 9.17) is 18.9 Å². The zero-order valence-corrected chi connectivity index (χ0v) is 27.3. The van der Waals surface area contributed by atoms with E-state index in [0.717, 1.165) is 50.4 Å². The summed E-state index contributed by atoms with van der Waals surface area (Å²) < 4.78 is 24.8. The summed E-state index contributed by atoms with van der Waals surface area (Å²) in [6, 6.07) is 29.0. The van der Waals surface area contributed by atoms with E-state index in [9.17, 15) is 9.59 Å². The van der Waals surface area contributed by atoms with Crippen LogP contribution in [0.3, 0.4) is 0 Å². The molecule has 0 saturated heterocycles.